The van der Waals surface area contributed by atoms with Crippen LogP contribution < -0.4 is 5.32 Å². The molecule has 1 aliphatic carbocycles. The highest BCUT2D eigenvalue weighted by Crippen LogP contribution is 2.21. The van der Waals surface area contributed by atoms with E-state index in [1.54, 1.807) is 0 Å². The smallest absolute Gasteiger partial charge is 0.0586 e. The quantitative estimate of drug-likeness (QED) is 0.733. The molecular weight excluding hydrogens is 162 g/mol. The first-order valence-corrected chi connectivity index (χ1v) is 5.51. The van der Waals surface area contributed by atoms with E-state index in [9.17, 15) is 0 Å². The van der Waals surface area contributed by atoms with Crippen LogP contribution >= 0.6 is 0 Å². The van der Waals surface area contributed by atoms with Gasteiger partial charge < -0.3 is 10.1 Å². The molecule has 2 heteroatoms. The lowest BCUT2D eigenvalue weighted by atomic mass is 10.2. The van der Waals surface area contributed by atoms with Crippen molar-refractivity contribution in [3.8, 4) is 0 Å². The summed E-state index contributed by atoms with van der Waals surface area (Å²) in [6.07, 6.45) is 4.19. The Morgan fingerprint density at radius 3 is 2.23 bits per heavy atom. The molecule has 1 fully saturated rings. The molecule has 1 rings (SSSR count). The average molecular weight is 187 g/mol. The molecule has 2 unspecified atom stereocenters. The Labute approximate surface area is 83.1 Å². The number of rotatable bonds is 3. The molecule has 80 valence electrons. The zero-order valence-electron chi connectivity index (χ0n) is 9.76. The van der Waals surface area contributed by atoms with E-state index in [-0.39, 0.29) is 0 Å². The van der Waals surface area contributed by atoms with Gasteiger partial charge in [-0.1, -0.05) is 27.7 Å². The zero-order valence-corrected chi connectivity index (χ0v) is 9.76. The zero-order chi connectivity index (χ0) is 10.3. The topological polar surface area (TPSA) is 21.3 Å². The second-order valence-electron chi connectivity index (χ2n) is 3.69. The summed E-state index contributed by atoms with van der Waals surface area (Å²) in [4.78, 5) is 0. The van der Waals surface area contributed by atoms with Crippen molar-refractivity contribution in [2.75, 3.05) is 7.11 Å². The van der Waals surface area contributed by atoms with E-state index in [1.807, 2.05) is 21.0 Å². The van der Waals surface area contributed by atoms with Crippen LogP contribution in [-0.4, -0.2) is 25.3 Å². The van der Waals surface area contributed by atoms with E-state index in [4.69, 9.17) is 4.74 Å². The molecule has 1 saturated carbocycles. The molecule has 0 aliphatic heterocycles. The molecule has 2 nitrogen and oxygen atoms in total. The molecule has 0 aromatic carbocycles. The Morgan fingerprint density at radius 1 is 1.23 bits per heavy atom. The van der Waals surface area contributed by atoms with E-state index in [0.29, 0.717) is 18.2 Å². The number of hydrogen-bond donors (Lipinski definition) is 1. The number of ether oxygens (including phenoxy) is 1. The first-order chi connectivity index (χ1) is 6.22. The Kier molecular flexibility index (Phi) is 7.29. The molecule has 0 amide bonds. The second kappa shape index (κ2) is 7.34. The molecule has 0 bridgehead atoms. The molecule has 0 radical (unpaired) electrons. The maximum absolute atomic E-state index is 5.28. The van der Waals surface area contributed by atoms with Gasteiger partial charge in [-0.25, -0.2) is 0 Å². The normalized spacial score (nSPS) is 27.2. The summed E-state index contributed by atoms with van der Waals surface area (Å²) in [5.74, 6) is 0. The molecule has 2 atom stereocenters. The lowest BCUT2D eigenvalue weighted by Crippen LogP contribution is -2.33. The van der Waals surface area contributed by atoms with Crippen LogP contribution in [0.2, 0.25) is 0 Å². The van der Waals surface area contributed by atoms with Gasteiger partial charge in [0.05, 0.1) is 6.10 Å². The fraction of sp³-hybridized carbons (Fsp3) is 1.00. The van der Waals surface area contributed by atoms with Crippen molar-refractivity contribution in [1.82, 2.24) is 5.32 Å². The SMILES string of the molecule is CC.COC1CCC(NC(C)C)C1. The van der Waals surface area contributed by atoms with Gasteiger partial charge in [-0.05, 0) is 19.3 Å². The fourth-order valence-corrected chi connectivity index (χ4v) is 1.78. The summed E-state index contributed by atoms with van der Waals surface area (Å²) >= 11 is 0. The van der Waals surface area contributed by atoms with E-state index >= 15 is 0 Å². The second-order valence-corrected chi connectivity index (χ2v) is 3.69. The van der Waals surface area contributed by atoms with Gasteiger partial charge in [0.1, 0.15) is 0 Å². The average Bonchev–Trinajstić information content (AvgIpc) is 2.55. The summed E-state index contributed by atoms with van der Waals surface area (Å²) < 4.78 is 5.28. The van der Waals surface area contributed by atoms with Gasteiger partial charge in [0.25, 0.3) is 0 Å². The molecule has 0 aromatic rings. The molecule has 0 saturated heterocycles. The van der Waals surface area contributed by atoms with Crippen LogP contribution in [-0.2, 0) is 4.74 Å². The van der Waals surface area contributed by atoms with Crippen molar-refractivity contribution < 1.29 is 4.74 Å². The number of nitrogens with one attached hydrogen (secondary N) is 1. The highest BCUT2D eigenvalue weighted by Gasteiger charge is 2.24. The minimum atomic E-state index is 0.506. The van der Waals surface area contributed by atoms with Gasteiger partial charge in [-0.15, -0.1) is 0 Å². The van der Waals surface area contributed by atoms with Crippen molar-refractivity contribution >= 4 is 0 Å². The van der Waals surface area contributed by atoms with Crippen LogP contribution in [0.4, 0.5) is 0 Å². The Morgan fingerprint density at radius 2 is 1.85 bits per heavy atom. The van der Waals surface area contributed by atoms with Gasteiger partial charge in [0, 0.05) is 19.2 Å². The van der Waals surface area contributed by atoms with Gasteiger partial charge in [0.15, 0.2) is 0 Å². The maximum Gasteiger partial charge on any atom is 0.0586 e. The summed E-state index contributed by atoms with van der Waals surface area (Å²) in [6.45, 7) is 8.39. The Hall–Kier alpha value is -0.0800. The predicted octanol–water partition coefficient (Wildman–Crippen LogP) is 2.58. The van der Waals surface area contributed by atoms with Crippen molar-refractivity contribution in [1.29, 1.82) is 0 Å². The van der Waals surface area contributed by atoms with Crippen LogP contribution in [0.15, 0.2) is 0 Å². The van der Waals surface area contributed by atoms with Crippen molar-refractivity contribution in [2.24, 2.45) is 0 Å². The first-order valence-electron chi connectivity index (χ1n) is 5.51. The van der Waals surface area contributed by atoms with E-state index in [0.717, 1.165) is 0 Å². The predicted molar refractivity (Wildman–Crippen MR) is 58.1 cm³/mol. The first kappa shape index (κ1) is 12.9. The summed E-state index contributed by atoms with van der Waals surface area (Å²) in [5.41, 5.74) is 0. The van der Waals surface area contributed by atoms with E-state index < -0.39 is 0 Å². The van der Waals surface area contributed by atoms with Crippen molar-refractivity contribution in [3.63, 3.8) is 0 Å². The molecule has 1 aliphatic rings. The third kappa shape index (κ3) is 5.27. The minimum Gasteiger partial charge on any atom is -0.381 e. The molecule has 0 aromatic heterocycles. The van der Waals surface area contributed by atoms with Gasteiger partial charge in [0.2, 0.25) is 0 Å². The van der Waals surface area contributed by atoms with Crippen molar-refractivity contribution in [3.05, 3.63) is 0 Å². The monoisotopic (exact) mass is 187 g/mol. The van der Waals surface area contributed by atoms with Crippen LogP contribution in [0.5, 0.6) is 0 Å². The Balaban J connectivity index is 0.000000671. The van der Waals surface area contributed by atoms with Crippen LogP contribution in [0.25, 0.3) is 0 Å². The Bertz CT molecular complexity index is 115. The highest BCUT2D eigenvalue weighted by atomic mass is 16.5. The lowest BCUT2D eigenvalue weighted by Gasteiger charge is -2.15. The van der Waals surface area contributed by atoms with Crippen LogP contribution in [0, 0.1) is 0 Å². The number of hydrogen-bond acceptors (Lipinski definition) is 2. The van der Waals surface area contributed by atoms with Crippen LogP contribution in [0.1, 0.15) is 47.0 Å². The molecule has 13 heavy (non-hydrogen) atoms. The van der Waals surface area contributed by atoms with Crippen molar-refractivity contribution in [2.45, 2.75) is 65.1 Å². The third-order valence-electron chi connectivity index (χ3n) is 2.29. The fourth-order valence-electron chi connectivity index (χ4n) is 1.78. The van der Waals surface area contributed by atoms with Gasteiger partial charge in [-0.2, -0.15) is 0 Å². The highest BCUT2D eigenvalue weighted by molar-refractivity contribution is 4.81. The molecular formula is C11H25NO. The minimum absolute atomic E-state index is 0.506. The van der Waals surface area contributed by atoms with Gasteiger partial charge >= 0.3 is 0 Å². The van der Waals surface area contributed by atoms with Crippen LogP contribution in [0.3, 0.4) is 0 Å². The van der Waals surface area contributed by atoms with Gasteiger partial charge in [-0.3, -0.25) is 0 Å². The molecule has 1 N–H and O–H groups in total. The van der Waals surface area contributed by atoms with E-state index in [2.05, 4.69) is 19.2 Å². The lowest BCUT2D eigenvalue weighted by molar-refractivity contribution is 0.106. The molecule has 0 spiro atoms. The summed E-state index contributed by atoms with van der Waals surface area (Å²) in [7, 11) is 1.81. The third-order valence-corrected chi connectivity index (χ3v) is 2.29. The number of methoxy groups -OCH3 is 1. The summed E-state index contributed by atoms with van der Waals surface area (Å²) in [5, 5.41) is 3.53. The molecule has 0 heterocycles. The largest absolute Gasteiger partial charge is 0.381 e. The maximum atomic E-state index is 5.28. The standard InChI is InChI=1S/C9H19NO.C2H6/c1-7(2)10-8-4-5-9(6-8)11-3;1-2/h7-10H,4-6H2,1-3H3;1-2H3. The summed E-state index contributed by atoms with van der Waals surface area (Å²) in [6, 6.07) is 1.30. The van der Waals surface area contributed by atoms with E-state index in [1.165, 1.54) is 19.3 Å².